The minimum absolute atomic E-state index is 0.0179. The van der Waals surface area contributed by atoms with Crippen LogP contribution in [-0.2, 0) is 17.9 Å². The average molecular weight is 400 g/mol. The molecule has 0 fully saturated rings. The van der Waals surface area contributed by atoms with E-state index >= 15 is 0 Å². The highest BCUT2D eigenvalue weighted by Crippen LogP contribution is 2.23. The number of pyridine rings is 1. The van der Waals surface area contributed by atoms with Gasteiger partial charge in [0.05, 0.1) is 17.1 Å². The lowest BCUT2D eigenvalue weighted by molar-refractivity contribution is -0.121. The fourth-order valence-electron chi connectivity index (χ4n) is 3.40. The average Bonchev–Trinajstić information content (AvgIpc) is 3.34. The normalized spacial score (nSPS) is 10.9. The molecule has 0 atom stereocenters. The first-order valence-corrected chi connectivity index (χ1v) is 9.92. The number of benzene rings is 1. The van der Waals surface area contributed by atoms with Crippen molar-refractivity contribution in [2.75, 3.05) is 0 Å². The first kappa shape index (κ1) is 19.6. The predicted molar refractivity (Wildman–Crippen MR) is 115 cm³/mol. The van der Waals surface area contributed by atoms with Crippen LogP contribution in [0.3, 0.4) is 0 Å². The molecule has 0 saturated heterocycles. The van der Waals surface area contributed by atoms with E-state index in [4.69, 9.17) is 5.10 Å². The maximum Gasteiger partial charge on any atom is 0.222 e. The van der Waals surface area contributed by atoms with Crippen LogP contribution in [0.2, 0.25) is 0 Å². The highest BCUT2D eigenvalue weighted by atomic mass is 16.1. The molecule has 0 aliphatic carbocycles. The van der Waals surface area contributed by atoms with Crippen LogP contribution in [0.1, 0.15) is 23.4 Å². The van der Waals surface area contributed by atoms with Gasteiger partial charge in [-0.05, 0) is 44.2 Å². The Bertz CT molecular complexity index is 1130. The third-order valence-corrected chi connectivity index (χ3v) is 4.89. The van der Waals surface area contributed by atoms with Gasteiger partial charge in [-0.15, -0.1) is 0 Å². The molecule has 1 N–H and O–H groups in total. The summed E-state index contributed by atoms with van der Waals surface area (Å²) in [5.74, 6) is -0.0179. The highest BCUT2D eigenvalue weighted by Gasteiger charge is 2.13. The summed E-state index contributed by atoms with van der Waals surface area (Å²) in [4.78, 5) is 16.5. The van der Waals surface area contributed by atoms with Crippen LogP contribution in [-0.4, -0.2) is 30.5 Å². The number of carbonyl (C=O) groups is 1. The highest BCUT2D eigenvalue weighted by molar-refractivity contribution is 5.76. The molecule has 0 saturated carbocycles. The van der Waals surface area contributed by atoms with Crippen LogP contribution < -0.4 is 5.32 Å². The Morgan fingerprint density at radius 2 is 1.80 bits per heavy atom. The minimum atomic E-state index is -0.0179. The van der Waals surface area contributed by atoms with E-state index in [0.29, 0.717) is 19.5 Å². The zero-order chi connectivity index (χ0) is 20.9. The second-order valence-electron chi connectivity index (χ2n) is 7.20. The van der Waals surface area contributed by atoms with E-state index in [2.05, 4.69) is 15.4 Å². The van der Waals surface area contributed by atoms with Gasteiger partial charge in [-0.3, -0.25) is 14.5 Å². The summed E-state index contributed by atoms with van der Waals surface area (Å²) < 4.78 is 3.71. The summed E-state index contributed by atoms with van der Waals surface area (Å²) in [6.45, 7) is 4.91. The molecule has 30 heavy (non-hydrogen) atoms. The molecule has 1 aromatic carbocycles. The number of aryl methyl sites for hydroxylation is 3. The zero-order valence-electron chi connectivity index (χ0n) is 17.1. The van der Waals surface area contributed by atoms with Gasteiger partial charge in [0.25, 0.3) is 0 Å². The molecular formula is C23H24N6O. The van der Waals surface area contributed by atoms with E-state index in [-0.39, 0.29) is 5.91 Å². The van der Waals surface area contributed by atoms with E-state index in [1.165, 1.54) is 0 Å². The number of amides is 1. The first-order chi connectivity index (χ1) is 14.6. The van der Waals surface area contributed by atoms with Crippen LogP contribution in [0.25, 0.3) is 16.9 Å². The summed E-state index contributed by atoms with van der Waals surface area (Å²) in [6, 6.07) is 15.8. The fraction of sp³-hybridized carbons (Fsp3) is 0.217. The number of nitrogens with zero attached hydrogens (tertiary/aromatic N) is 5. The maximum atomic E-state index is 12.4. The van der Waals surface area contributed by atoms with Crippen molar-refractivity contribution in [3.63, 3.8) is 0 Å². The van der Waals surface area contributed by atoms with E-state index in [9.17, 15) is 4.79 Å². The molecule has 1 amide bonds. The fourth-order valence-corrected chi connectivity index (χ4v) is 3.40. The summed E-state index contributed by atoms with van der Waals surface area (Å²) >= 11 is 0. The van der Waals surface area contributed by atoms with Crippen molar-refractivity contribution in [1.29, 1.82) is 0 Å². The molecule has 3 heterocycles. The second-order valence-corrected chi connectivity index (χ2v) is 7.20. The van der Waals surface area contributed by atoms with Gasteiger partial charge in [0.15, 0.2) is 0 Å². The predicted octanol–water partition coefficient (Wildman–Crippen LogP) is 3.45. The molecule has 7 heteroatoms. The molecule has 0 aliphatic heterocycles. The largest absolute Gasteiger partial charge is 0.352 e. The molecule has 0 aliphatic rings. The molecule has 4 aromatic rings. The van der Waals surface area contributed by atoms with Crippen molar-refractivity contribution >= 4 is 5.91 Å². The van der Waals surface area contributed by atoms with Gasteiger partial charge in [0.2, 0.25) is 5.91 Å². The standard InChI is InChI=1S/C23H24N6O/c1-17-14-18(2)28(26-17)13-10-22(30)25-15-20-16-29(21-6-4-3-5-7-21)27-23(20)19-8-11-24-12-9-19/h3-9,11-12,14,16H,10,13,15H2,1-2H3,(H,25,30). The Morgan fingerprint density at radius 3 is 2.50 bits per heavy atom. The van der Waals surface area contributed by atoms with Gasteiger partial charge in [-0.25, -0.2) is 4.68 Å². The molecule has 0 spiro atoms. The summed E-state index contributed by atoms with van der Waals surface area (Å²) in [7, 11) is 0. The van der Waals surface area contributed by atoms with Crippen LogP contribution in [0.4, 0.5) is 0 Å². The summed E-state index contributed by atoms with van der Waals surface area (Å²) in [5, 5.41) is 12.2. The van der Waals surface area contributed by atoms with Crippen LogP contribution in [0.5, 0.6) is 0 Å². The topological polar surface area (TPSA) is 77.6 Å². The number of aromatic nitrogens is 5. The lowest BCUT2D eigenvalue weighted by Gasteiger charge is -2.07. The van der Waals surface area contributed by atoms with Gasteiger partial charge < -0.3 is 5.32 Å². The minimum Gasteiger partial charge on any atom is -0.352 e. The molecule has 3 aromatic heterocycles. The van der Waals surface area contributed by atoms with Crippen molar-refractivity contribution in [2.45, 2.75) is 33.4 Å². The number of hydrogen-bond acceptors (Lipinski definition) is 4. The Labute approximate surface area is 175 Å². The Morgan fingerprint density at radius 1 is 1.03 bits per heavy atom. The lowest BCUT2D eigenvalue weighted by atomic mass is 10.1. The first-order valence-electron chi connectivity index (χ1n) is 9.92. The van der Waals surface area contributed by atoms with Gasteiger partial charge in [0, 0.05) is 54.9 Å². The maximum absolute atomic E-state index is 12.4. The molecule has 4 rings (SSSR count). The summed E-state index contributed by atoms with van der Waals surface area (Å²) in [5.41, 5.74) is 5.73. The van der Waals surface area contributed by atoms with E-state index in [1.54, 1.807) is 12.4 Å². The second kappa shape index (κ2) is 8.73. The SMILES string of the molecule is Cc1cc(C)n(CCC(=O)NCc2cn(-c3ccccc3)nc2-c2ccncc2)n1. The van der Waals surface area contributed by atoms with Gasteiger partial charge in [-0.2, -0.15) is 10.2 Å². The van der Waals surface area contributed by atoms with Crippen molar-refractivity contribution in [2.24, 2.45) is 0 Å². The molecule has 7 nitrogen and oxygen atoms in total. The lowest BCUT2D eigenvalue weighted by Crippen LogP contribution is -2.24. The number of rotatable bonds is 7. The molecular weight excluding hydrogens is 376 g/mol. The number of hydrogen-bond donors (Lipinski definition) is 1. The molecule has 0 unspecified atom stereocenters. The van der Waals surface area contributed by atoms with Crippen molar-refractivity contribution in [3.05, 3.63) is 84.1 Å². The smallest absolute Gasteiger partial charge is 0.222 e. The number of carbonyl (C=O) groups excluding carboxylic acids is 1. The van der Waals surface area contributed by atoms with Crippen LogP contribution in [0.15, 0.2) is 67.1 Å². The van der Waals surface area contributed by atoms with E-state index < -0.39 is 0 Å². The van der Waals surface area contributed by atoms with Crippen molar-refractivity contribution in [3.8, 4) is 16.9 Å². The Hall–Kier alpha value is -3.74. The third kappa shape index (κ3) is 4.46. The van der Waals surface area contributed by atoms with Gasteiger partial charge in [0.1, 0.15) is 0 Å². The van der Waals surface area contributed by atoms with Crippen LogP contribution >= 0.6 is 0 Å². The Balaban J connectivity index is 1.49. The van der Waals surface area contributed by atoms with E-state index in [0.717, 1.165) is 33.9 Å². The third-order valence-electron chi connectivity index (χ3n) is 4.89. The quantitative estimate of drug-likeness (QED) is 0.515. The molecule has 0 radical (unpaired) electrons. The Kier molecular flexibility index (Phi) is 5.70. The number of nitrogens with one attached hydrogen (secondary N) is 1. The van der Waals surface area contributed by atoms with Gasteiger partial charge >= 0.3 is 0 Å². The van der Waals surface area contributed by atoms with E-state index in [1.807, 2.05) is 77.9 Å². The molecule has 152 valence electrons. The van der Waals surface area contributed by atoms with Crippen LogP contribution in [0, 0.1) is 13.8 Å². The van der Waals surface area contributed by atoms with Crippen molar-refractivity contribution < 1.29 is 4.79 Å². The molecule has 0 bridgehead atoms. The van der Waals surface area contributed by atoms with Gasteiger partial charge in [-0.1, -0.05) is 18.2 Å². The summed E-state index contributed by atoms with van der Waals surface area (Å²) in [6.07, 6.45) is 5.83. The monoisotopic (exact) mass is 400 g/mol. The zero-order valence-corrected chi connectivity index (χ0v) is 17.1. The van der Waals surface area contributed by atoms with Crippen molar-refractivity contribution in [1.82, 2.24) is 29.9 Å². The number of para-hydroxylation sites is 1.